The Labute approximate surface area is 196 Å². The highest BCUT2D eigenvalue weighted by Gasteiger charge is 2.26. The molecule has 1 aromatic carbocycles. The third-order valence-electron chi connectivity index (χ3n) is 6.67. The first-order valence-electron chi connectivity index (χ1n) is 11.3. The van der Waals surface area contributed by atoms with Crippen molar-refractivity contribution in [2.24, 2.45) is 0 Å². The molecule has 2 aliphatic rings. The minimum absolute atomic E-state index is 0.0298. The first-order chi connectivity index (χ1) is 15.4. The van der Waals surface area contributed by atoms with E-state index in [0.717, 1.165) is 65.6 Å². The van der Waals surface area contributed by atoms with Gasteiger partial charge in [-0.15, -0.1) is 11.3 Å². The maximum absolute atomic E-state index is 13.6. The van der Waals surface area contributed by atoms with Crippen LogP contribution in [-0.4, -0.2) is 33.8 Å². The summed E-state index contributed by atoms with van der Waals surface area (Å²) in [5.41, 5.74) is 5.28. The Morgan fingerprint density at radius 1 is 1.19 bits per heavy atom. The molecule has 0 amide bonds. The normalized spacial score (nSPS) is 17.9. The van der Waals surface area contributed by atoms with E-state index < -0.39 is 0 Å². The van der Waals surface area contributed by atoms with Crippen LogP contribution in [0.2, 0.25) is 0 Å². The predicted molar refractivity (Wildman–Crippen MR) is 131 cm³/mol. The summed E-state index contributed by atoms with van der Waals surface area (Å²) in [4.78, 5) is 33.7. The van der Waals surface area contributed by atoms with Crippen molar-refractivity contribution >= 4 is 39.1 Å². The number of ether oxygens (including phenoxy) is 1. The second-order valence-corrected chi connectivity index (χ2v) is 11.0. The van der Waals surface area contributed by atoms with E-state index in [1.807, 2.05) is 19.9 Å². The molecular weight excluding hydrogens is 440 g/mol. The van der Waals surface area contributed by atoms with Crippen LogP contribution in [0.25, 0.3) is 10.2 Å². The molecule has 0 spiro atoms. The first-order valence-corrected chi connectivity index (χ1v) is 13.1. The summed E-state index contributed by atoms with van der Waals surface area (Å²) in [5.74, 6) is 0.333. The number of carbonyl (C=O) groups excluding carboxylic acids is 1. The van der Waals surface area contributed by atoms with E-state index in [4.69, 9.17) is 9.72 Å². The Morgan fingerprint density at radius 3 is 2.78 bits per heavy atom. The zero-order valence-electron chi connectivity index (χ0n) is 18.8. The molecule has 0 bridgehead atoms. The Balaban J connectivity index is 1.49. The van der Waals surface area contributed by atoms with Crippen LogP contribution in [0.1, 0.15) is 56.8 Å². The minimum atomic E-state index is 0.0298. The molecule has 168 valence electrons. The Hall–Kier alpha value is -1.96. The number of rotatable bonds is 6. The van der Waals surface area contributed by atoms with Crippen molar-refractivity contribution in [2.45, 2.75) is 70.7 Å². The molecule has 0 N–H and O–H groups in total. The van der Waals surface area contributed by atoms with Gasteiger partial charge in [0.2, 0.25) is 0 Å². The summed E-state index contributed by atoms with van der Waals surface area (Å²) in [7, 11) is 0. The molecule has 1 unspecified atom stereocenters. The fraction of sp³-hybridized carbons (Fsp3) is 0.480. The number of thiophene rings is 1. The molecular formula is C25H28N2O3S2. The van der Waals surface area contributed by atoms with Gasteiger partial charge in [0.25, 0.3) is 5.56 Å². The summed E-state index contributed by atoms with van der Waals surface area (Å²) in [6.45, 7) is 7.33. The number of benzene rings is 1. The lowest BCUT2D eigenvalue weighted by atomic mass is 9.99. The number of hydrogen-bond acceptors (Lipinski definition) is 6. The van der Waals surface area contributed by atoms with Crippen molar-refractivity contribution in [3.63, 3.8) is 0 Å². The minimum Gasteiger partial charge on any atom is -0.376 e. The van der Waals surface area contributed by atoms with Crippen molar-refractivity contribution in [1.82, 2.24) is 9.55 Å². The van der Waals surface area contributed by atoms with Crippen LogP contribution in [0.3, 0.4) is 0 Å². The summed E-state index contributed by atoms with van der Waals surface area (Å²) in [6.07, 6.45) is 5.13. The number of nitrogens with zero attached hydrogens (tertiary/aromatic N) is 2. The molecule has 2 aromatic heterocycles. The molecule has 1 aliphatic heterocycles. The van der Waals surface area contributed by atoms with Gasteiger partial charge < -0.3 is 4.74 Å². The molecule has 1 aliphatic carbocycles. The standard InChI is InChI=1S/C25H28N2O3S2/c1-14-10-16(3)19(11-15(14)2)20(28)13-31-25-26-23-22(18-7-4-8-21(18)32-23)24(29)27(25)12-17-6-5-9-30-17/h10-11,17H,4-9,12-13H2,1-3H3. The van der Waals surface area contributed by atoms with E-state index >= 15 is 0 Å². The fourth-order valence-electron chi connectivity index (χ4n) is 4.79. The van der Waals surface area contributed by atoms with Crippen molar-refractivity contribution in [2.75, 3.05) is 12.4 Å². The summed E-state index contributed by atoms with van der Waals surface area (Å²) >= 11 is 3.02. The lowest BCUT2D eigenvalue weighted by Gasteiger charge is -2.16. The molecule has 1 fully saturated rings. The second kappa shape index (κ2) is 8.76. The highest BCUT2D eigenvalue weighted by molar-refractivity contribution is 7.99. The van der Waals surface area contributed by atoms with Crippen molar-refractivity contribution in [3.8, 4) is 0 Å². The number of thioether (sulfide) groups is 1. The molecule has 1 atom stereocenters. The van der Waals surface area contributed by atoms with Crippen LogP contribution in [0, 0.1) is 20.8 Å². The van der Waals surface area contributed by atoms with Gasteiger partial charge in [0.05, 0.1) is 23.8 Å². The van der Waals surface area contributed by atoms with Gasteiger partial charge in [-0.05, 0) is 81.2 Å². The lowest BCUT2D eigenvalue weighted by molar-refractivity contribution is 0.0937. The van der Waals surface area contributed by atoms with E-state index in [2.05, 4.69) is 13.0 Å². The summed E-state index contributed by atoms with van der Waals surface area (Å²) in [5, 5.41) is 1.42. The van der Waals surface area contributed by atoms with Crippen molar-refractivity contribution in [3.05, 3.63) is 55.2 Å². The Morgan fingerprint density at radius 2 is 2.00 bits per heavy atom. The molecule has 0 saturated carbocycles. The van der Waals surface area contributed by atoms with E-state index in [-0.39, 0.29) is 23.2 Å². The number of aryl methyl sites for hydroxylation is 5. The monoisotopic (exact) mass is 468 g/mol. The highest BCUT2D eigenvalue weighted by Crippen LogP contribution is 2.36. The Bertz CT molecular complexity index is 1270. The van der Waals surface area contributed by atoms with Crippen LogP contribution in [0.5, 0.6) is 0 Å². The van der Waals surface area contributed by atoms with E-state index in [1.165, 1.54) is 27.8 Å². The van der Waals surface area contributed by atoms with Crippen LogP contribution in [-0.2, 0) is 24.1 Å². The number of fused-ring (bicyclic) bond motifs is 3. The zero-order chi connectivity index (χ0) is 22.4. The van der Waals surface area contributed by atoms with E-state index in [0.29, 0.717) is 11.7 Å². The molecule has 1 saturated heterocycles. The third-order valence-corrected chi connectivity index (χ3v) is 8.84. The SMILES string of the molecule is Cc1cc(C)c(C(=O)CSc2nc3sc4c(c3c(=O)n2CC2CCCO2)CCC4)cc1C. The highest BCUT2D eigenvalue weighted by atomic mass is 32.2. The van der Waals surface area contributed by atoms with Crippen LogP contribution >= 0.6 is 23.1 Å². The number of Topliss-reactive ketones (excluding diaryl/α,β-unsaturated/α-hetero) is 1. The molecule has 3 heterocycles. The van der Waals surface area contributed by atoms with Crippen LogP contribution in [0.15, 0.2) is 22.1 Å². The Kier molecular flexibility index (Phi) is 5.99. The summed E-state index contributed by atoms with van der Waals surface area (Å²) < 4.78 is 7.60. The van der Waals surface area contributed by atoms with Gasteiger partial charge in [0.15, 0.2) is 10.9 Å². The van der Waals surface area contributed by atoms with Gasteiger partial charge in [-0.3, -0.25) is 14.2 Å². The third kappa shape index (κ3) is 3.95. The van der Waals surface area contributed by atoms with Crippen molar-refractivity contribution < 1.29 is 9.53 Å². The van der Waals surface area contributed by atoms with Gasteiger partial charge in [-0.25, -0.2) is 4.98 Å². The van der Waals surface area contributed by atoms with Crippen LogP contribution in [0.4, 0.5) is 0 Å². The van der Waals surface area contributed by atoms with Gasteiger partial charge in [-0.2, -0.15) is 0 Å². The molecule has 7 heteroatoms. The van der Waals surface area contributed by atoms with E-state index in [1.54, 1.807) is 15.9 Å². The van der Waals surface area contributed by atoms with Crippen LogP contribution < -0.4 is 5.56 Å². The van der Waals surface area contributed by atoms with Gasteiger partial charge >= 0.3 is 0 Å². The van der Waals surface area contributed by atoms with Gasteiger partial charge in [0.1, 0.15) is 4.83 Å². The molecule has 3 aromatic rings. The topological polar surface area (TPSA) is 61.2 Å². The summed E-state index contributed by atoms with van der Waals surface area (Å²) in [6, 6.07) is 4.05. The fourth-order valence-corrected chi connectivity index (χ4v) is 6.98. The number of carbonyl (C=O) groups is 1. The van der Waals surface area contributed by atoms with Crippen molar-refractivity contribution in [1.29, 1.82) is 0 Å². The molecule has 5 nitrogen and oxygen atoms in total. The van der Waals surface area contributed by atoms with Gasteiger partial charge in [-0.1, -0.05) is 17.8 Å². The van der Waals surface area contributed by atoms with Gasteiger partial charge in [0, 0.05) is 17.0 Å². The molecule has 32 heavy (non-hydrogen) atoms. The maximum atomic E-state index is 13.6. The van der Waals surface area contributed by atoms with E-state index in [9.17, 15) is 9.59 Å². The lowest BCUT2D eigenvalue weighted by Crippen LogP contribution is -2.29. The quantitative estimate of drug-likeness (QED) is 0.289. The molecule has 5 rings (SSSR count). The smallest absolute Gasteiger partial charge is 0.263 e. The first kappa shape index (κ1) is 21.9. The second-order valence-electron chi connectivity index (χ2n) is 8.95. The number of hydrogen-bond donors (Lipinski definition) is 0. The largest absolute Gasteiger partial charge is 0.376 e. The predicted octanol–water partition coefficient (Wildman–Crippen LogP) is 5.03. The number of ketones is 1. The average Bonchev–Trinajstić information content (AvgIpc) is 3.48. The average molecular weight is 469 g/mol. The maximum Gasteiger partial charge on any atom is 0.263 e. The number of aromatic nitrogens is 2. The zero-order valence-corrected chi connectivity index (χ0v) is 20.5. The molecule has 0 radical (unpaired) electrons.